The van der Waals surface area contributed by atoms with Gasteiger partial charge in [-0.15, -0.1) is 12.4 Å². The molecule has 0 radical (unpaired) electrons. The summed E-state index contributed by atoms with van der Waals surface area (Å²) >= 11 is 5.97. The van der Waals surface area contributed by atoms with E-state index in [9.17, 15) is 13.5 Å². The zero-order chi connectivity index (χ0) is 13.5. The van der Waals surface area contributed by atoms with Gasteiger partial charge in [0.25, 0.3) is 0 Å². The molecule has 19 heavy (non-hydrogen) atoms. The quantitative estimate of drug-likeness (QED) is 0.840. The highest BCUT2D eigenvalue weighted by atomic mass is 35.5. The Hall–Kier alpha value is -0.370. The average molecular weight is 327 g/mol. The Morgan fingerprint density at radius 3 is 2.53 bits per heavy atom. The van der Waals surface area contributed by atoms with Gasteiger partial charge < -0.3 is 10.8 Å². The van der Waals surface area contributed by atoms with Crippen molar-refractivity contribution in [3.8, 4) is 0 Å². The van der Waals surface area contributed by atoms with Crippen molar-refractivity contribution < 1.29 is 13.5 Å². The summed E-state index contributed by atoms with van der Waals surface area (Å²) in [4.78, 5) is 0.0907. The van der Waals surface area contributed by atoms with E-state index in [4.69, 9.17) is 17.3 Å². The lowest BCUT2D eigenvalue weighted by molar-refractivity contribution is 0.174. The molecule has 1 aliphatic rings. The molecule has 2 rings (SSSR count). The van der Waals surface area contributed by atoms with E-state index < -0.39 is 22.2 Å². The number of sulfonamides is 1. The maximum atomic E-state index is 12.4. The molecule has 0 spiro atoms. The first-order valence-corrected chi connectivity index (χ1v) is 7.34. The highest BCUT2D eigenvalue weighted by Crippen LogP contribution is 2.29. The van der Waals surface area contributed by atoms with Gasteiger partial charge in [-0.3, -0.25) is 0 Å². The summed E-state index contributed by atoms with van der Waals surface area (Å²) in [7, 11) is -3.70. The Kier molecular flexibility index (Phi) is 5.22. The lowest BCUT2D eigenvalue weighted by Crippen LogP contribution is -2.33. The molecular formula is C11H16Cl2N2O3S. The third-order valence-electron chi connectivity index (χ3n) is 3.06. The van der Waals surface area contributed by atoms with Gasteiger partial charge in [0.15, 0.2) is 0 Å². The Morgan fingerprint density at radius 1 is 1.42 bits per heavy atom. The fourth-order valence-electron chi connectivity index (χ4n) is 2.04. The van der Waals surface area contributed by atoms with Crippen molar-refractivity contribution in [2.75, 3.05) is 13.1 Å². The number of rotatable bonds is 2. The van der Waals surface area contributed by atoms with Crippen LogP contribution in [0.25, 0.3) is 0 Å². The zero-order valence-electron chi connectivity index (χ0n) is 10.3. The number of aliphatic hydroxyl groups is 1. The van der Waals surface area contributed by atoms with Crippen LogP contribution in [0.15, 0.2) is 23.1 Å². The van der Waals surface area contributed by atoms with E-state index in [1.807, 2.05) is 0 Å². The first-order valence-electron chi connectivity index (χ1n) is 5.53. The highest BCUT2D eigenvalue weighted by molar-refractivity contribution is 7.89. The molecule has 0 saturated carbocycles. The molecule has 1 aromatic carbocycles. The molecule has 0 unspecified atom stereocenters. The van der Waals surface area contributed by atoms with Gasteiger partial charge in [-0.2, -0.15) is 4.31 Å². The number of β-amino-alcohol motifs (C(OH)–C–C–N with tert-alkyl or cyclic N) is 1. The molecule has 0 aliphatic carbocycles. The van der Waals surface area contributed by atoms with E-state index in [-0.39, 0.29) is 35.4 Å². The number of aryl methyl sites for hydroxylation is 1. The first kappa shape index (κ1) is 16.7. The van der Waals surface area contributed by atoms with Crippen LogP contribution in [0.2, 0.25) is 5.02 Å². The maximum Gasteiger partial charge on any atom is 0.244 e. The summed E-state index contributed by atoms with van der Waals surface area (Å²) in [5.41, 5.74) is 6.21. The number of nitrogens with zero attached hydrogens (tertiary/aromatic N) is 1. The molecule has 0 amide bonds. The highest BCUT2D eigenvalue weighted by Gasteiger charge is 2.38. The predicted octanol–water partition coefficient (Wildman–Crippen LogP) is 0.763. The van der Waals surface area contributed by atoms with Crippen LogP contribution in [0.1, 0.15) is 5.56 Å². The van der Waals surface area contributed by atoms with Crippen LogP contribution in [0.3, 0.4) is 0 Å². The Bertz CT molecular complexity index is 535. The molecule has 1 aliphatic heterocycles. The van der Waals surface area contributed by atoms with Crippen LogP contribution >= 0.6 is 24.0 Å². The van der Waals surface area contributed by atoms with E-state index in [1.54, 1.807) is 19.1 Å². The van der Waals surface area contributed by atoms with Gasteiger partial charge >= 0.3 is 0 Å². The lowest BCUT2D eigenvalue weighted by atomic mass is 10.2. The van der Waals surface area contributed by atoms with Crippen molar-refractivity contribution in [3.63, 3.8) is 0 Å². The predicted molar refractivity (Wildman–Crippen MR) is 76.2 cm³/mol. The van der Waals surface area contributed by atoms with Gasteiger partial charge in [-0.1, -0.05) is 23.7 Å². The Morgan fingerprint density at radius 2 is 2.05 bits per heavy atom. The van der Waals surface area contributed by atoms with E-state index in [2.05, 4.69) is 0 Å². The molecule has 1 heterocycles. The topological polar surface area (TPSA) is 83.6 Å². The van der Waals surface area contributed by atoms with Crippen LogP contribution in [0, 0.1) is 6.92 Å². The van der Waals surface area contributed by atoms with Crippen molar-refractivity contribution in [2.45, 2.75) is 24.0 Å². The summed E-state index contributed by atoms with van der Waals surface area (Å²) < 4.78 is 26.1. The van der Waals surface area contributed by atoms with Gasteiger partial charge in [0, 0.05) is 19.1 Å². The van der Waals surface area contributed by atoms with E-state index >= 15 is 0 Å². The second kappa shape index (κ2) is 5.95. The van der Waals surface area contributed by atoms with E-state index in [1.165, 1.54) is 10.4 Å². The van der Waals surface area contributed by atoms with Gasteiger partial charge in [0.1, 0.15) is 4.90 Å². The minimum Gasteiger partial charge on any atom is -0.390 e. The molecule has 5 nitrogen and oxygen atoms in total. The van der Waals surface area contributed by atoms with Crippen LogP contribution in [0.4, 0.5) is 0 Å². The van der Waals surface area contributed by atoms with Crippen molar-refractivity contribution in [1.82, 2.24) is 4.31 Å². The van der Waals surface area contributed by atoms with E-state index in [0.29, 0.717) is 5.56 Å². The number of nitrogens with two attached hydrogens (primary N) is 1. The molecule has 8 heteroatoms. The number of aliphatic hydroxyl groups excluding tert-OH is 1. The standard InChI is InChI=1S/C11H15ClN2O3S.ClH/c1-7-3-2-4-8(12)11(7)18(16,17)14-5-9(13)10(15)6-14;/h2-4,9-10,15H,5-6,13H2,1H3;1H/t9-,10-;/m1./s1. The molecule has 1 aromatic rings. The van der Waals surface area contributed by atoms with Crippen molar-refractivity contribution in [3.05, 3.63) is 28.8 Å². The third kappa shape index (κ3) is 3.04. The molecular weight excluding hydrogens is 311 g/mol. The maximum absolute atomic E-state index is 12.4. The lowest BCUT2D eigenvalue weighted by Gasteiger charge is -2.18. The third-order valence-corrected chi connectivity index (χ3v) is 5.52. The summed E-state index contributed by atoms with van der Waals surface area (Å²) in [6.45, 7) is 1.80. The monoisotopic (exact) mass is 326 g/mol. The SMILES string of the molecule is Cc1cccc(Cl)c1S(=O)(=O)N1C[C@@H](N)[C@H](O)C1.Cl. The van der Waals surface area contributed by atoms with E-state index in [0.717, 1.165) is 0 Å². The second-order valence-corrected chi connectivity index (χ2v) is 6.72. The molecule has 1 saturated heterocycles. The molecule has 108 valence electrons. The summed E-state index contributed by atoms with van der Waals surface area (Å²) in [6.07, 6.45) is -0.831. The summed E-state index contributed by atoms with van der Waals surface area (Å²) in [5, 5.41) is 9.74. The molecule has 1 fully saturated rings. The van der Waals surface area contributed by atoms with Crippen LogP contribution < -0.4 is 5.73 Å². The summed E-state index contributed by atoms with van der Waals surface area (Å²) in [6, 6.07) is 4.36. The second-order valence-electron chi connectivity index (χ2n) is 4.44. The van der Waals surface area contributed by atoms with Crippen molar-refractivity contribution in [2.24, 2.45) is 5.73 Å². The van der Waals surface area contributed by atoms with Gasteiger partial charge in [-0.05, 0) is 18.6 Å². The molecule has 0 bridgehead atoms. The minimum absolute atomic E-state index is 0. The molecule has 0 aromatic heterocycles. The normalized spacial score (nSPS) is 24.2. The van der Waals surface area contributed by atoms with Crippen LogP contribution in [0.5, 0.6) is 0 Å². The smallest absolute Gasteiger partial charge is 0.244 e. The Balaban J connectivity index is 0.00000180. The van der Waals surface area contributed by atoms with Crippen LogP contribution in [-0.2, 0) is 10.0 Å². The number of hydrogen-bond donors (Lipinski definition) is 2. The van der Waals surface area contributed by atoms with Crippen molar-refractivity contribution >= 4 is 34.0 Å². The van der Waals surface area contributed by atoms with Crippen molar-refractivity contribution in [1.29, 1.82) is 0 Å². The number of halogens is 2. The molecule has 3 N–H and O–H groups in total. The average Bonchev–Trinajstić information content (AvgIpc) is 2.59. The zero-order valence-corrected chi connectivity index (χ0v) is 12.7. The number of benzene rings is 1. The largest absolute Gasteiger partial charge is 0.390 e. The fourth-order valence-corrected chi connectivity index (χ4v) is 4.32. The van der Waals surface area contributed by atoms with Gasteiger partial charge in [0.05, 0.1) is 11.1 Å². The minimum atomic E-state index is -3.70. The molecule has 2 atom stereocenters. The Labute approximate surface area is 123 Å². The first-order chi connectivity index (χ1) is 8.34. The van der Waals surface area contributed by atoms with Crippen LogP contribution in [-0.4, -0.2) is 43.1 Å². The summed E-state index contributed by atoms with van der Waals surface area (Å²) in [5.74, 6) is 0. The van der Waals surface area contributed by atoms with Gasteiger partial charge in [0.2, 0.25) is 10.0 Å². The number of hydrogen-bond acceptors (Lipinski definition) is 4. The fraction of sp³-hybridized carbons (Fsp3) is 0.455. The van der Waals surface area contributed by atoms with Gasteiger partial charge in [-0.25, -0.2) is 8.42 Å².